The average Bonchev–Trinajstić information content (AvgIpc) is 3.00. The van der Waals surface area contributed by atoms with Gasteiger partial charge in [-0.3, -0.25) is 9.69 Å². The molecule has 1 aliphatic rings. The second-order valence-electron chi connectivity index (χ2n) is 5.88. The number of nitrogens with one attached hydrogen (secondary N) is 1. The molecule has 0 saturated carbocycles. The van der Waals surface area contributed by atoms with Gasteiger partial charge in [0.15, 0.2) is 11.5 Å². The minimum absolute atomic E-state index is 0.191. The molecular weight excluding hydrogens is 298 g/mol. The Morgan fingerprint density at radius 2 is 2.09 bits per heavy atom. The molecule has 4 N–H and O–H groups in total. The predicted octanol–water partition coefficient (Wildman–Crippen LogP) is 0.0599. The van der Waals surface area contributed by atoms with E-state index in [9.17, 15) is 4.79 Å². The van der Waals surface area contributed by atoms with Crippen molar-refractivity contribution in [3.63, 3.8) is 0 Å². The molecule has 0 fully saturated rings. The first kappa shape index (κ1) is 17.5. The number of benzene rings is 1. The number of nitrogens with zero attached hydrogens (tertiary/aromatic N) is 1. The summed E-state index contributed by atoms with van der Waals surface area (Å²) in [5.74, 6) is 1.18. The largest absolute Gasteiger partial charge is 0.454 e. The molecule has 1 aliphatic heterocycles. The number of nitrogens with two attached hydrogens (primary N) is 1. The third-order valence-corrected chi connectivity index (χ3v) is 4.16. The van der Waals surface area contributed by atoms with E-state index in [1.807, 2.05) is 37.1 Å². The predicted molar refractivity (Wildman–Crippen MR) is 86.2 cm³/mol. The van der Waals surface area contributed by atoms with Crippen LogP contribution < -0.4 is 20.5 Å². The van der Waals surface area contributed by atoms with E-state index in [2.05, 4.69) is 12.2 Å². The summed E-state index contributed by atoms with van der Waals surface area (Å²) < 4.78 is 10.7. The molecule has 1 aromatic rings. The molecule has 0 saturated heterocycles. The van der Waals surface area contributed by atoms with Gasteiger partial charge in [0.2, 0.25) is 12.7 Å². The minimum Gasteiger partial charge on any atom is -0.454 e. The highest BCUT2D eigenvalue weighted by atomic mass is 16.7. The number of ether oxygens (including phenoxy) is 2. The van der Waals surface area contributed by atoms with Crippen LogP contribution in [-0.4, -0.2) is 54.6 Å². The highest BCUT2D eigenvalue weighted by Gasteiger charge is 2.21. The Morgan fingerprint density at radius 3 is 2.78 bits per heavy atom. The molecule has 3 atom stereocenters. The van der Waals surface area contributed by atoms with Crippen LogP contribution in [-0.2, 0) is 11.2 Å². The second-order valence-corrected chi connectivity index (χ2v) is 5.88. The summed E-state index contributed by atoms with van der Waals surface area (Å²) in [7, 11) is 1.94. The highest BCUT2D eigenvalue weighted by molar-refractivity contribution is 5.81. The van der Waals surface area contributed by atoms with Gasteiger partial charge in [0, 0.05) is 6.04 Å². The zero-order valence-corrected chi connectivity index (χ0v) is 13.8. The summed E-state index contributed by atoms with van der Waals surface area (Å²) in [4.78, 5) is 13.8. The van der Waals surface area contributed by atoms with Crippen molar-refractivity contribution in [2.75, 3.05) is 20.4 Å². The van der Waals surface area contributed by atoms with E-state index in [0.717, 1.165) is 23.5 Å². The fraction of sp³-hybridized carbons (Fsp3) is 0.562. The van der Waals surface area contributed by atoms with Crippen molar-refractivity contribution in [3.05, 3.63) is 23.8 Å². The zero-order valence-electron chi connectivity index (χ0n) is 13.8. The fourth-order valence-electron chi connectivity index (χ4n) is 2.43. The van der Waals surface area contributed by atoms with Crippen molar-refractivity contribution >= 4 is 5.91 Å². The molecule has 0 aromatic heterocycles. The van der Waals surface area contributed by atoms with Crippen LogP contribution in [0.15, 0.2) is 18.2 Å². The number of carbonyl (C=O) groups excluding carboxylic acids is 1. The molecule has 128 valence electrons. The van der Waals surface area contributed by atoms with Crippen LogP contribution in [0.25, 0.3) is 0 Å². The first-order valence-corrected chi connectivity index (χ1v) is 7.69. The minimum atomic E-state index is -0.894. The van der Waals surface area contributed by atoms with Gasteiger partial charge in [-0.05, 0) is 45.0 Å². The summed E-state index contributed by atoms with van der Waals surface area (Å²) in [6, 6.07) is 5.21. The topological polar surface area (TPSA) is 97.1 Å². The maximum absolute atomic E-state index is 11.7. The SMILES string of the molecule is CC(Cc1ccc2c(c1)OCO2)N(C)C(C)NC(=O)C(N)CO. The summed E-state index contributed by atoms with van der Waals surface area (Å²) >= 11 is 0. The number of rotatable bonds is 7. The van der Waals surface area contributed by atoms with Crippen LogP contribution in [0, 0.1) is 0 Å². The van der Waals surface area contributed by atoms with Gasteiger partial charge in [0.1, 0.15) is 6.04 Å². The third-order valence-electron chi connectivity index (χ3n) is 4.16. The van der Waals surface area contributed by atoms with E-state index < -0.39 is 6.04 Å². The maximum Gasteiger partial charge on any atom is 0.240 e. The van der Waals surface area contributed by atoms with Crippen molar-refractivity contribution in [2.24, 2.45) is 5.73 Å². The Kier molecular flexibility index (Phi) is 5.81. The third kappa shape index (κ3) is 4.34. The van der Waals surface area contributed by atoms with Crippen molar-refractivity contribution < 1.29 is 19.4 Å². The molecule has 7 nitrogen and oxygen atoms in total. The van der Waals surface area contributed by atoms with Crippen molar-refractivity contribution in [2.45, 2.75) is 38.5 Å². The average molecular weight is 323 g/mol. The monoisotopic (exact) mass is 323 g/mol. The Hall–Kier alpha value is -1.83. The summed E-state index contributed by atoms with van der Waals surface area (Å²) in [6.45, 7) is 3.87. The number of carbonyl (C=O) groups is 1. The van der Waals surface area contributed by atoms with Gasteiger partial charge in [0.25, 0.3) is 0 Å². The molecule has 2 rings (SSSR count). The van der Waals surface area contributed by atoms with E-state index in [1.54, 1.807) is 0 Å². The van der Waals surface area contributed by atoms with Gasteiger partial charge in [-0.1, -0.05) is 6.07 Å². The van der Waals surface area contributed by atoms with E-state index in [4.69, 9.17) is 20.3 Å². The van der Waals surface area contributed by atoms with E-state index in [-0.39, 0.29) is 31.5 Å². The lowest BCUT2D eigenvalue weighted by Crippen LogP contribution is -2.53. The molecule has 1 aromatic carbocycles. The number of hydrogen-bond acceptors (Lipinski definition) is 6. The van der Waals surface area contributed by atoms with Crippen molar-refractivity contribution in [1.29, 1.82) is 0 Å². The number of aliphatic hydroxyl groups excluding tert-OH is 1. The molecular formula is C16H25N3O4. The van der Waals surface area contributed by atoms with Crippen molar-refractivity contribution in [3.8, 4) is 11.5 Å². The lowest BCUT2D eigenvalue weighted by Gasteiger charge is -2.32. The molecule has 1 heterocycles. The summed E-state index contributed by atoms with van der Waals surface area (Å²) in [5.41, 5.74) is 6.65. The van der Waals surface area contributed by atoms with E-state index in [0.29, 0.717) is 0 Å². The van der Waals surface area contributed by atoms with Gasteiger partial charge in [-0.15, -0.1) is 0 Å². The highest BCUT2D eigenvalue weighted by Crippen LogP contribution is 2.32. The van der Waals surface area contributed by atoms with E-state index >= 15 is 0 Å². The molecule has 7 heteroatoms. The lowest BCUT2D eigenvalue weighted by atomic mass is 10.1. The Labute approximate surface area is 136 Å². The number of fused-ring (bicyclic) bond motifs is 1. The van der Waals surface area contributed by atoms with Gasteiger partial charge in [-0.25, -0.2) is 0 Å². The molecule has 0 spiro atoms. The molecule has 23 heavy (non-hydrogen) atoms. The van der Waals surface area contributed by atoms with Crippen molar-refractivity contribution in [1.82, 2.24) is 10.2 Å². The Bertz CT molecular complexity index is 552. The lowest BCUT2D eigenvalue weighted by molar-refractivity contribution is -0.125. The Balaban J connectivity index is 1.91. The first-order valence-electron chi connectivity index (χ1n) is 7.69. The zero-order chi connectivity index (χ0) is 17.0. The van der Waals surface area contributed by atoms with Crippen LogP contribution in [0.3, 0.4) is 0 Å². The van der Waals surface area contributed by atoms with Gasteiger partial charge in [-0.2, -0.15) is 0 Å². The Morgan fingerprint density at radius 1 is 1.39 bits per heavy atom. The van der Waals surface area contributed by atoms with Gasteiger partial charge in [0.05, 0.1) is 12.8 Å². The van der Waals surface area contributed by atoms with Crippen LogP contribution in [0.1, 0.15) is 19.4 Å². The van der Waals surface area contributed by atoms with Gasteiger partial charge >= 0.3 is 0 Å². The normalized spacial score (nSPS) is 17.0. The number of hydrogen-bond donors (Lipinski definition) is 3. The number of amides is 1. The number of likely N-dealkylation sites (N-methyl/N-ethyl adjacent to an activating group) is 1. The molecule has 0 radical (unpaired) electrons. The molecule has 3 unspecified atom stereocenters. The molecule has 1 amide bonds. The first-order chi connectivity index (χ1) is 10.9. The fourth-order valence-corrected chi connectivity index (χ4v) is 2.43. The number of aliphatic hydroxyl groups is 1. The quantitative estimate of drug-likeness (QED) is 0.614. The molecule has 0 aliphatic carbocycles. The van der Waals surface area contributed by atoms with Crippen LogP contribution >= 0.6 is 0 Å². The standard InChI is InChI=1S/C16H25N3O4/c1-10(19(3)11(2)18-16(21)13(17)8-20)6-12-4-5-14-15(7-12)23-9-22-14/h4-5,7,10-11,13,20H,6,8-9,17H2,1-3H3,(H,18,21). The smallest absolute Gasteiger partial charge is 0.240 e. The summed E-state index contributed by atoms with van der Waals surface area (Å²) in [6.07, 6.45) is 0.614. The van der Waals surface area contributed by atoms with Crippen LogP contribution in [0.2, 0.25) is 0 Å². The summed E-state index contributed by atoms with van der Waals surface area (Å²) in [5, 5.41) is 11.7. The maximum atomic E-state index is 11.7. The van der Waals surface area contributed by atoms with Crippen LogP contribution in [0.4, 0.5) is 0 Å². The molecule has 0 bridgehead atoms. The van der Waals surface area contributed by atoms with Gasteiger partial charge < -0.3 is 25.6 Å². The second kappa shape index (κ2) is 7.63. The van der Waals surface area contributed by atoms with Crippen LogP contribution in [0.5, 0.6) is 11.5 Å². The van der Waals surface area contributed by atoms with E-state index in [1.165, 1.54) is 0 Å².